The summed E-state index contributed by atoms with van der Waals surface area (Å²) >= 11 is 3.43. The molecule has 28 heavy (non-hydrogen) atoms. The van der Waals surface area contributed by atoms with Crippen LogP contribution in [-0.2, 0) is 0 Å². The molecule has 8 heteroatoms. The number of nitrogens with zero attached hydrogens (tertiary/aromatic N) is 4. The highest BCUT2D eigenvalue weighted by molar-refractivity contribution is 9.10. The van der Waals surface area contributed by atoms with Crippen molar-refractivity contribution in [1.82, 2.24) is 20.2 Å². The Bertz CT molecular complexity index is 1310. The minimum atomic E-state index is 0.301. The van der Waals surface area contributed by atoms with Crippen LogP contribution in [0.3, 0.4) is 0 Å². The Kier molecular flexibility index (Phi) is 4.10. The van der Waals surface area contributed by atoms with E-state index in [1.165, 1.54) is 0 Å². The molecule has 0 radical (unpaired) electrons. The number of benzene rings is 2. The molecule has 0 aliphatic heterocycles. The van der Waals surface area contributed by atoms with Crippen molar-refractivity contribution in [2.45, 2.75) is 0 Å². The lowest BCUT2D eigenvalue weighted by Gasteiger charge is -1.97. The van der Waals surface area contributed by atoms with Crippen molar-refractivity contribution in [1.29, 1.82) is 0 Å². The predicted octanol–water partition coefficient (Wildman–Crippen LogP) is 4.97. The third kappa shape index (κ3) is 3.14. The topological polar surface area (TPSA) is 92.0 Å². The first kappa shape index (κ1) is 16.6. The SMILES string of the molecule is Brc1ccc(-c2ccc(/C=N\Nc3nnc4c(n3)[nH]c3ccccc34)o2)cc1. The fourth-order valence-electron chi connectivity index (χ4n) is 2.91. The van der Waals surface area contributed by atoms with Gasteiger partial charge in [0.15, 0.2) is 5.65 Å². The van der Waals surface area contributed by atoms with Crippen LogP contribution in [0.25, 0.3) is 33.4 Å². The van der Waals surface area contributed by atoms with E-state index in [1.54, 1.807) is 6.21 Å². The van der Waals surface area contributed by atoms with Crippen molar-refractivity contribution in [3.8, 4) is 11.3 Å². The van der Waals surface area contributed by atoms with Gasteiger partial charge in [0.25, 0.3) is 5.95 Å². The molecule has 0 amide bonds. The first-order chi connectivity index (χ1) is 13.8. The second-order valence-electron chi connectivity index (χ2n) is 6.08. The highest BCUT2D eigenvalue weighted by Gasteiger charge is 2.08. The van der Waals surface area contributed by atoms with E-state index < -0.39 is 0 Å². The van der Waals surface area contributed by atoms with E-state index in [1.807, 2.05) is 60.7 Å². The van der Waals surface area contributed by atoms with Crippen LogP contribution in [0.5, 0.6) is 0 Å². The zero-order valence-corrected chi connectivity index (χ0v) is 16.0. The van der Waals surface area contributed by atoms with Crippen LogP contribution in [-0.4, -0.2) is 26.4 Å². The number of aromatic nitrogens is 4. The van der Waals surface area contributed by atoms with E-state index in [2.05, 4.69) is 46.6 Å². The van der Waals surface area contributed by atoms with Gasteiger partial charge in [-0.1, -0.05) is 46.3 Å². The molecule has 0 saturated heterocycles. The Hall–Kier alpha value is -3.52. The van der Waals surface area contributed by atoms with E-state index in [9.17, 15) is 0 Å². The van der Waals surface area contributed by atoms with Gasteiger partial charge >= 0.3 is 0 Å². The van der Waals surface area contributed by atoms with Gasteiger partial charge in [-0.15, -0.1) is 10.2 Å². The standard InChI is InChI=1S/C20H13BrN6O/c21-13-7-5-12(6-8-13)17-10-9-14(28-17)11-22-26-20-24-19-18(25-27-20)15-3-1-2-4-16(15)23-19/h1-11H,(H2,23,24,26,27)/b22-11-. The van der Waals surface area contributed by atoms with Gasteiger partial charge in [0.05, 0.1) is 6.21 Å². The van der Waals surface area contributed by atoms with E-state index in [-0.39, 0.29) is 0 Å². The molecule has 0 saturated carbocycles. The van der Waals surface area contributed by atoms with E-state index in [4.69, 9.17) is 4.42 Å². The zero-order valence-electron chi connectivity index (χ0n) is 14.4. The normalized spacial score (nSPS) is 11.6. The van der Waals surface area contributed by atoms with Gasteiger partial charge in [-0.3, -0.25) is 0 Å². The number of halogens is 1. The second kappa shape index (κ2) is 6.90. The van der Waals surface area contributed by atoms with Crippen molar-refractivity contribution >= 4 is 50.2 Å². The molecule has 3 aromatic heterocycles. The minimum absolute atomic E-state index is 0.301. The van der Waals surface area contributed by atoms with Crippen molar-refractivity contribution in [3.05, 3.63) is 70.9 Å². The molecule has 5 rings (SSSR count). The van der Waals surface area contributed by atoms with E-state index in [0.717, 1.165) is 32.2 Å². The van der Waals surface area contributed by atoms with Gasteiger partial charge in [0, 0.05) is 20.9 Å². The quantitative estimate of drug-likeness (QED) is 0.308. The molecule has 5 aromatic rings. The summed E-state index contributed by atoms with van der Waals surface area (Å²) in [6.07, 6.45) is 1.57. The summed E-state index contributed by atoms with van der Waals surface area (Å²) in [6.45, 7) is 0. The number of hydrazone groups is 1. The molecule has 2 aromatic carbocycles. The van der Waals surface area contributed by atoms with Gasteiger partial charge in [0.2, 0.25) is 0 Å². The molecule has 0 spiro atoms. The molecule has 0 bridgehead atoms. The van der Waals surface area contributed by atoms with Crippen LogP contribution in [0.2, 0.25) is 0 Å². The first-order valence-corrected chi connectivity index (χ1v) is 9.31. The average molecular weight is 433 g/mol. The maximum Gasteiger partial charge on any atom is 0.265 e. The Morgan fingerprint density at radius 1 is 1.00 bits per heavy atom. The lowest BCUT2D eigenvalue weighted by molar-refractivity contribution is 0.575. The molecule has 136 valence electrons. The second-order valence-corrected chi connectivity index (χ2v) is 7.00. The number of hydrogen-bond acceptors (Lipinski definition) is 6. The molecule has 0 atom stereocenters. The number of para-hydroxylation sites is 1. The Morgan fingerprint density at radius 2 is 1.86 bits per heavy atom. The van der Waals surface area contributed by atoms with Crippen LogP contribution >= 0.6 is 15.9 Å². The van der Waals surface area contributed by atoms with Crippen LogP contribution in [0, 0.1) is 0 Å². The van der Waals surface area contributed by atoms with Crippen LogP contribution in [0.1, 0.15) is 5.76 Å². The fourth-order valence-corrected chi connectivity index (χ4v) is 3.18. The maximum atomic E-state index is 5.79. The van der Waals surface area contributed by atoms with E-state index >= 15 is 0 Å². The number of fused-ring (bicyclic) bond motifs is 3. The van der Waals surface area contributed by atoms with Crippen molar-refractivity contribution in [3.63, 3.8) is 0 Å². The van der Waals surface area contributed by atoms with Crippen molar-refractivity contribution in [2.24, 2.45) is 5.10 Å². The largest absolute Gasteiger partial charge is 0.455 e. The summed E-state index contributed by atoms with van der Waals surface area (Å²) in [5, 5.41) is 13.4. The molecule has 2 N–H and O–H groups in total. The van der Waals surface area contributed by atoms with Crippen LogP contribution < -0.4 is 5.43 Å². The smallest absolute Gasteiger partial charge is 0.265 e. The van der Waals surface area contributed by atoms with Crippen molar-refractivity contribution in [2.75, 3.05) is 5.43 Å². The van der Waals surface area contributed by atoms with E-state index in [0.29, 0.717) is 17.4 Å². The number of anilines is 1. The summed E-state index contributed by atoms with van der Waals surface area (Å²) in [4.78, 5) is 7.64. The Balaban J connectivity index is 1.34. The first-order valence-electron chi connectivity index (χ1n) is 8.52. The number of hydrogen-bond donors (Lipinski definition) is 2. The third-order valence-corrected chi connectivity index (χ3v) is 4.76. The molecule has 0 unspecified atom stereocenters. The van der Waals surface area contributed by atoms with Crippen molar-refractivity contribution < 1.29 is 4.42 Å². The number of nitrogens with one attached hydrogen (secondary N) is 2. The molecule has 0 aliphatic rings. The maximum absolute atomic E-state index is 5.79. The fraction of sp³-hybridized carbons (Fsp3) is 0. The minimum Gasteiger partial charge on any atom is -0.455 e. The monoisotopic (exact) mass is 432 g/mol. The van der Waals surface area contributed by atoms with Crippen LogP contribution in [0.4, 0.5) is 5.95 Å². The summed E-state index contributed by atoms with van der Waals surface area (Å²) in [5.41, 5.74) is 6.13. The highest BCUT2D eigenvalue weighted by Crippen LogP contribution is 2.24. The number of furan rings is 1. The summed E-state index contributed by atoms with van der Waals surface area (Å²) in [5.74, 6) is 1.69. The molecule has 3 heterocycles. The third-order valence-electron chi connectivity index (χ3n) is 4.23. The molecule has 7 nitrogen and oxygen atoms in total. The average Bonchev–Trinajstić information content (AvgIpc) is 3.33. The van der Waals surface area contributed by atoms with Crippen LogP contribution in [0.15, 0.2) is 74.7 Å². The highest BCUT2D eigenvalue weighted by atomic mass is 79.9. The lowest BCUT2D eigenvalue weighted by Crippen LogP contribution is -1.98. The molecular formula is C20H13BrN6O. The van der Waals surface area contributed by atoms with Gasteiger partial charge in [-0.2, -0.15) is 10.1 Å². The Labute approximate surface area is 167 Å². The van der Waals surface area contributed by atoms with Gasteiger partial charge in [-0.25, -0.2) is 5.43 Å². The lowest BCUT2D eigenvalue weighted by atomic mass is 10.2. The summed E-state index contributed by atoms with van der Waals surface area (Å²) < 4.78 is 6.81. The predicted molar refractivity (Wildman–Crippen MR) is 112 cm³/mol. The molecule has 0 fully saturated rings. The number of H-pyrrole nitrogens is 1. The molecule has 0 aliphatic carbocycles. The summed E-state index contributed by atoms with van der Waals surface area (Å²) in [7, 11) is 0. The van der Waals surface area contributed by atoms with Gasteiger partial charge in [0.1, 0.15) is 17.0 Å². The zero-order chi connectivity index (χ0) is 18.9. The summed E-state index contributed by atoms with van der Waals surface area (Å²) in [6, 6.07) is 19.5. The molecular weight excluding hydrogens is 420 g/mol. The Morgan fingerprint density at radius 3 is 2.75 bits per heavy atom. The van der Waals surface area contributed by atoms with Gasteiger partial charge in [-0.05, 0) is 30.3 Å². The number of aromatic amines is 1. The van der Waals surface area contributed by atoms with Gasteiger partial charge < -0.3 is 9.40 Å². The number of rotatable bonds is 4.